The Labute approximate surface area is 158 Å². The number of hydrogen-bond acceptors (Lipinski definition) is 5. The van der Waals surface area contributed by atoms with Gasteiger partial charge in [-0.1, -0.05) is 24.3 Å². The monoisotopic (exact) mass is 381 g/mol. The first-order chi connectivity index (χ1) is 12.9. The Balaban J connectivity index is 1.82. The Bertz CT molecular complexity index is 1050. The normalized spacial score (nSPS) is 11.0. The molecule has 138 valence electrons. The second-order valence-corrected chi connectivity index (χ2v) is 7.96. The number of sulfone groups is 1. The largest absolute Gasteiger partial charge is 0.380 e. The molecule has 7 heteroatoms. The van der Waals surface area contributed by atoms with Gasteiger partial charge in [-0.2, -0.15) is 0 Å². The number of carbonyl (C=O) groups is 1. The van der Waals surface area contributed by atoms with Gasteiger partial charge in [-0.05, 0) is 42.0 Å². The lowest BCUT2D eigenvalue weighted by molar-refractivity contribution is 0.102. The van der Waals surface area contributed by atoms with Gasteiger partial charge in [-0.3, -0.25) is 9.78 Å². The summed E-state index contributed by atoms with van der Waals surface area (Å²) < 4.78 is 23.9. The number of pyridine rings is 1. The van der Waals surface area contributed by atoms with Gasteiger partial charge in [-0.25, -0.2) is 8.42 Å². The molecule has 1 heterocycles. The summed E-state index contributed by atoms with van der Waals surface area (Å²) in [6, 6.07) is 17.2. The highest BCUT2D eigenvalue weighted by atomic mass is 32.2. The summed E-state index contributed by atoms with van der Waals surface area (Å²) in [4.78, 5) is 16.8. The highest BCUT2D eigenvalue weighted by Crippen LogP contribution is 2.23. The fourth-order valence-electron chi connectivity index (χ4n) is 2.62. The van der Waals surface area contributed by atoms with E-state index in [9.17, 15) is 13.2 Å². The molecule has 0 saturated heterocycles. The lowest BCUT2D eigenvalue weighted by atomic mass is 10.1. The van der Waals surface area contributed by atoms with Crippen molar-refractivity contribution in [2.45, 2.75) is 11.4 Å². The Morgan fingerprint density at radius 1 is 0.926 bits per heavy atom. The van der Waals surface area contributed by atoms with Crippen LogP contribution in [-0.4, -0.2) is 25.6 Å². The molecule has 0 saturated carbocycles. The lowest BCUT2D eigenvalue weighted by Crippen LogP contribution is -2.16. The summed E-state index contributed by atoms with van der Waals surface area (Å²) in [5.74, 6) is -0.385. The van der Waals surface area contributed by atoms with Gasteiger partial charge in [0.05, 0.1) is 16.1 Å². The number of rotatable bonds is 6. The third kappa shape index (κ3) is 4.71. The Morgan fingerprint density at radius 3 is 2.26 bits per heavy atom. The van der Waals surface area contributed by atoms with Crippen LogP contribution in [0.4, 0.5) is 11.4 Å². The molecule has 0 bridgehead atoms. The van der Waals surface area contributed by atoms with E-state index in [2.05, 4.69) is 15.6 Å². The molecule has 3 aromatic rings. The molecule has 0 spiro atoms. The van der Waals surface area contributed by atoms with E-state index in [-0.39, 0.29) is 16.5 Å². The summed E-state index contributed by atoms with van der Waals surface area (Å²) in [5.41, 5.74) is 2.37. The molecular formula is C20H19N3O3S. The number of nitrogens with one attached hydrogen (secondary N) is 2. The third-order valence-corrected chi connectivity index (χ3v) is 5.09. The lowest BCUT2D eigenvalue weighted by Gasteiger charge is -2.14. The average Bonchev–Trinajstić information content (AvgIpc) is 2.67. The van der Waals surface area contributed by atoms with Crippen molar-refractivity contribution in [3.05, 3.63) is 84.2 Å². The summed E-state index contributed by atoms with van der Waals surface area (Å²) in [7, 11) is -3.45. The van der Waals surface area contributed by atoms with E-state index in [0.29, 0.717) is 17.8 Å². The molecule has 2 N–H and O–H groups in total. The van der Waals surface area contributed by atoms with Crippen molar-refractivity contribution in [3.63, 3.8) is 0 Å². The van der Waals surface area contributed by atoms with Crippen molar-refractivity contribution in [1.82, 2.24) is 4.98 Å². The SMILES string of the molecule is CS(=O)(=O)c1ccccc1NC(=O)c1ccccc1NCc1ccncc1. The zero-order valence-corrected chi connectivity index (χ0v) is 15.5. The molecule has 0 aliphatic heterocycles. The van der Waals surface area contributed by atoms with E-state index in [4.69, 9.17) is 0 Å². The first-order valence-electron chi connectivity index (χ1n) is 8.27. The Hall–Kier alpha value is -3.19. The van der Waals surface area contributed by atoms with Crippen LogP contribution < -0.4 is 10.6 Å². The smallest absolute Gasteiger partial charge is 0.257 e. The number of aromatic nitrogens is 1. The van der Waals surface area contributed by atoms with E-state index in [1.165, 1.54) is 6.07 Å². The molecule has 1 amide bonds. The van der Waals surface area contributed by atoms with Crippen LogP contribution in [0, 0.1) is 0 Å². The maximum Gasteiger partial charge on any atom is 0.257 e. The maximum absolute atomic E-state index is 12.8. The first kappa shape index (κ1) is 18.6. The third-order valence-electron chi connectivity index (χ3n) is 3.94. The molecule has 0 atom stereocenters. The van der Waals surface area contributed by atoms with Crippen LogP contribution in [0.3, 0.4) is 0 Å². The highest BCUT2D eigenvalue weighted by molar-refractivity contribution is 7.90. The summed E-state index contributed by atoms with van der Waals surface area (Å²) in [6.45, 7) is 0.534. The fraction of sp³-hybridized carbons (Fsp3) is 0.100. The highest BCUT2D eigenvalue weighted by Gasteiger charge is 2.17. The number of benzene rings is 2. The second-order valence-electron chi connectivity index (χ2n) is 5.98. The van der Waals surface area contributed by atoms with Gasteiger partial charge in [0, 0.05) is 30.9 Å². The minimum atomic E-state index is -3.45. The molecular weight excluding hydrogens is 362 g/mol. The predicted octanol–water partition coefficient (Wildman–Crippen LogP) is 3.35. The summed E-state index contributed by atoms with van der Waals surface area (Å²) >= 11 is 0. The molecule has 27 heavy (non-hydrogen) atoms. The minimum Gasteiger partial charge on any atom is -0.380 e. The van der Waals surface area contributed by atoms with Crippen molar-refractivity contribution in [2.75, 3.05) is 16.9 Å². The molecule has 0 aliphatic rings. The van der Waals surface area contributed by atoms with E-state index in [1.807, 2.05) is 18.2 Å². The van der Waals surface area contributed by atoms with E-state index < -0.39 is 9.84 Å². The van der Waals surface area contributed by atoms with Crippen LogP contribution in [0.5, 0.6) is 0 Å². The molecule has 0 fully saturated rings. The van der Waals surface area contributed by atoms with Crippen LogP contribution in [0.25, 0.3) is 0 Å². The van der Waals surface area contributed by atoms with Crippen LogP contribution in [0.1, 0.15) is 15.9 Å². The molecule has 0 radical (unpaired) electrons. The molecule has 0 unspecified atom stereocenters. The number of carbonyl (C=O) groups excluding carboxylic acids is 1. The summed E-state index contributed by atoms with van der Waals surface area (Å²) in [6.07, 6.45) is 4.53. The maximum atomic E-state index is 12.8. The van der Waals surface area contributed by atoms with Gasteiger partial charge in [0.1, 0.15) is 0 Å². The fourth-order valence-corrected chi connectivity index (χ4v) is 3.46. The van der Waals surface area contributed by atoms with E-state index in [1.54, 1.807) is 48.8 Å². The van der Waals surface area contributed by atoms with Gasteiger partial charge in [-0.15, -0.1) is 0 Å². The van der Waals surface area contributed by atoms with Crippen molar-refractivity contribution in [2.24, 2.45) is 0 Å². The topological polar surface area (TPSA) is 88.2 Å². The van der Waals surface area contributed by atoms with Crippen molar-refractivity contribution < 1.29 is 13.2 Å². The number of para-hydroxylation sites is 2. The van der Waals surface area contributed by atoms with Gasteiger partial charge >= 0.3 is 0 Å². The predicted molar refractivity (Wildman–Crippen MR) is 106 cm³/mol. The van der Waals surface area contributed by atoms with Gasteiger partial charge in [0.15, 0.2) is 9.84 Å². The van der Waals surface area contributed by atoms with Crippen molar-refractivity contribution >= 4 is 27.1 Å². The average molecular weight is 381 g/mol. The standard InChI is InChI=1S/C20H19N3O3S/c1-27(25,26)19-9-5-4-8-18(19)23-20(24)16-6-2-3-7-17(16)22-14-15-10-12-21-13-11-15/h2-13,22H,14H2,1H3,(H,23,24). The van der Waals surface area contributed by atoms with E-state index >= 15 is 0 Å². The Morgan fingerprint density at radius 2 is 1.56 bits per heavy atom. The molecule has 1 aromatic heterocycles. The van der Waals surface area contributed by atoms with Crippen molar-refractivity contribution in [3.8, 4) is 0 Å². The first-order valence-corrected chi connectivity index (χ1v) is 10.2. The zero-order chi connectivity index (χ0) is 19.3. The number of nitrogens with zero attached hydrogens (tertiary/aromatic N) is 1. The number of anilines is 2. The van der Waals surface area contributed by atoms with Crippen LogP contribution in [-0.2, 0) is 16.4 Å². The van der Waals surface area contributed by atoms with Gasteiger partial charge in [0.25, 0.3) is 5.91 Å². The van der Waals surface area contributed by atoms with Crippen molar-refractivity contribution in [1.29, 1.82) is 0 Å². The minimum absolute atomic E-state index is 0.0839. The quantitative estimate of drug-likeness (QED) is 0.684. The Kier molecular flexibility index (Phi) is 5.52. The molecule has 2 aromatic carbocycles. The van der Waals surface area contributed by atoms with Gasteiger partial charge in [0.2, 0.25) is 0 Å². The second kappa shape index (κ2) is 8.01. The van der Waals surface area contributed by atoms with Crippen LogP contribution in [0.15, 0.2) is 78.0 Å². The van der Waals surface area contributed by atoms with Crippen LogP contribution >= 0.6 is 0 Å². The summed E-state index contributed by atoms with van der Waals surface area (Å²) in [5, 5.41) is 5.94. The molecule has 6 nitrogen and oxygen atoms in total. The van der Waals surface area contributed by atoms with E-state index in [0.717, 1.165) is 11.8 Å². The number of amides is 1. The zero-order valence-electron chi connectivity index (χ0n) is 14.7. The molecule has 0 aliphatic carbocycles. The molecule has 3 rings (SSSR count). The number of hydrogen-bond donors (Lipinski definition) is 2. The van der Waals surface area contributed by atoms with Gasteiger partial charge < -0.3 is 10.6 Å². The van der Waals surface area contributed by atoms with Crippen LogP contribution in [0.2, 0.25) is 0 Å².